The van der Waals surface area contributed by atoms with Gasteiger partial charge in [0.05, 0.1) is 5.56 Å². The van der Waals surface area contributed by atoms with Crippen molar-refractivity contribution < 1.29 is 4.79 Å². The van der Waals surface area contributed by atoms with Gasteiger partial charge in [0, 0.05) is 19.3 Å². The molecule has 2 saturated carbocycles. The van der Waals surface area contributed by atoms with Gasteiger partial charge < -0.3 is 4.90 Å². The molecular formula is C14H17ClN2O. The maximum absolute atomic E-state index is 12.4. The van der Waals surface area contributed by atoms with Crippen LogP contribution in [0.15, 0.2) is 18.3 Å². The van der Waals surface area contributed by atoms with Crippen LogP contribution in [0.5, 0.6) is 0 Å². The highest BCUT2D eigenvalue weighted by Crippen LogP contribution is 2.34. The monoisotopic (exact) mass is 264 g/mol. The van der Waals surface area contributed by atoms with E-state index in [9.17, 15) is 4.79 Å². The molecule has 0 atom stereocenters. The van der Waals surface area contributed by atoms with Crippen molar-refractivity contribution in [2.75, 3.05) is 13.1 Å². The van der Waals surface area contributed by atoms with E-state index in [1.54, 1.807) is 18.3 Å². The highest BCUT2D eigenvalue weighted by molar-refractivity contribution is 6.29. The number of hydrogen-bond donors (Lipinski definition) is 0. The van der Waals surface area contributed by atoms with Crippen LogP contribution in [0.1, 0.15) is 36.0 Å². The molecule has 3 nitrogen and oxygen atoms in total. The van der Waals surface area contributed by atoms with Gasteiger partial charge in [0.1, 0.15) is 5.15 Å². The molecule has 2 aliphatic rings. The highest BCUT2D eigenvalue weighted by Gasteiger charge is 2.31. The summed E-state index contributed by atoms with van der Waals surface area (Å²) in [5.41, 5.74) is 0.653. The summed E-state index contributed by atoms with van der Waals surface area (Å²) in [5, 5.41) is 0.433. The first kappa shape index (κ1) is 12.0. The fourth-order valence-corrected chi connectivity index (χ4v) is 2.26. The van der Waals surface area contributed by atoms with Gasteiger partial charge in [0.2, 0.25) is 0 Å². The molecule has 3 rings (SSSR count). The molecule has 4 heteroatoms. The summed E-state index contributed by atoms with van der Waals surface area (Å²) in [6.07, 6.45) is 6.67. The minimum Gasteiger partial charge on any atom is -0.338 e. The lowest BCUT2D eigenvalue weighted by atomic mass is 10.2. The zero-order chi connectivity index (χ0) is 12.5. The van der Waals surface area contributed by atoms with Crippen molar-refractivity contribution in [2.45, 2.75) is 25.7 Å². The molecule has 1 aromatic heterocycles. The van der Waals surface area contributed by atoms with Crippen molar-refractivity contribution in [2.24, 2.45) is 11.8 Å². The van der Waals surface area contributed by atoms with Gasteiger partial charge in [-0.25, -0.2) is 4.98 Å². The molecule has 18 heavy (non-hydrogen) atoms. The lowest BCUT2D eigenvalue weighted by molar-refractivity contribution is 0.0739. The Labute approximate surface area is 112 Å². The Hall–Kier alpha value is -1.09. The predicted octanol–water partition coefficient (Wildman–Crippen LogP) is 3.00. The maximum atomic E-state index is 12.4. The van der Waals surface area contributed by atoms with Crippen molar-refractivity contribution in [1.82, 2.24) is 9.88 Å². The third kappa shape index (κ3) is 3.02. The molecular weight excluding hydrogens is 248 g/mol. The minimum absolute atomic E-state index is 0.109. The molecule has 1 amide bonds. The molecule has 0 saturated heterocycles. The van der Waals surface area contributed by atoms with Gasteiger partial charge in [-0.1, -0.05) is 11.6 Å². The van der Waals surface area contributed by atoms with E-state index >= 15 is 0 Å². The number of aromatic nitrogens is 1. The van der Waals surface area contributed by atoms with Gasteiger partial charge in [-0.2, -0.15) is 0 Å². The quantitative estimate of drug-likeness (QED) is 0.766. The molecule has 0 aliphatic heterocycles. The molecule has 1 heterocycles. The summed E-state index contributed by atoms with van der Waals surface area (Å²) >= 11 is 5.75. The lowest BCUT2D eigenvalue weighted by Crippen LogP contribution is -2.34. The second-order valence-electron chi connectivity index (χ2n) is 5.47. The predicted molar refractivity (Wildman–Crippen MR) is 70.6 cm³/mol. The Morgan fingerprint density at radius 2 is 1.83 bits per heavy atom. The van der Waals surface area contributed by atoms with Crippen LogP contribution >= 0.6 is 11.6 Å². The number of hydrogen-bond acceptors (Lipinski definition) is 2. The highest BCUT2D eigenvalue weighted by atomic mass is 35.5. The maximum Gasteiger partial charge on any atom is 0.255 e. The van der Waals surface area contributed by atoms with Gasteiger partial charge >= 0.3 is 0 Å². The van der Waals surface area contributed by atoms with Crippen LogP contribution in [0.2, 0.25) is 5.15 Å². The van der Waals surface area contributed by atoms with Crippen LogP contribution in [-0.2, 0) is 0 Å². The molecule has 1 aromatic rings. The van der Waals surface area contributed by atoms with Crippen molar-refractivity contribution in [1.29, 1.82) is 0 Å². The molecule has 0 bridgehead atoms. The summed E-state index contributed by atoms with van der Waals surface area (Å²) in [6.45, 7) is 1.83. The number of amides is 1. The van der Waals surface area contributed by atoms with Crippen LogP contribution in [0.3, 0.4) is 0 Å². The minimum atomic E-state index is 0.109. The van der Waals surface area contributed by atoms with Crippen LogP contribution < -0.4 is 0 Å². The third-order valence-corrected chi connectivity index (χ3v) is 3.84. The van der Waals surface area contributed by atoms with E-state index in [0.717, 1.165) is 24.9 Å². The molecule has 0 aromatic carbocycles. The van der Waals surface area contributed by atoms with Gasteiger partial charge in [0.15, 0.2) is 0 Å². The first-order chi connectivity index (χ1) is 8.72. The van der Waals surface area contributed by atoms with Gasteiger partial charge in [0.25, 0.3) is 5.91 Å². The molecule has 0 N–H and O–H groups in total. The van der Waals surface area contributed by atoms with Crippen molar-refractivity contribution in [3.8, 4) is 0 Å². The van der Waals surface area contributed by atoms with Gasteiger partial charge in [-0.15, -0.1) is 0 Å². The van der Waals surface area contributed by atoms with Gasteiger partial charge in [-0.3, -0.25) is 4.79 Å². The summed E-state index contributed by atoms with van der Waals surface area (Å²) in [4.78, 5) is 18.4. The van der Waals surface area contributed by atoms with Crippen LogP contribution in [0.25, 0.3) is 0 Å². The topological polar surface area (TPSA) is 33.2 Å². The van der Waals surface area contributed by atoms with E-state index in [-0.39, 0.29) is 5.91 Å². The van der Waals surface area contributed by atoms with Crippen LogP contribution in [0.4, 0.5) is 0 Å². The number of carbonyl (C=O) groups is 1. The fourth-order valence-electron chi connectivity index (χ4n) is 2.15. The first-order valence-corrected chi connectivity index (χ1v) is 7.01. The van der Waals surface area contributed by atoms with Crippen molar-refractivity contribution in [3.05, 3.63) is 29.0 Å². The zero-order valence-corrected chi connectivity index (χ0v) is 11.1. The summed E-state index contributed by atoms with van der Waals surface area (Å²) in [5.74, 6) is 1.57. The largest absolute Gasteiger partial charge is 0.338 e. The standard InChI is InChI=1S/C14H17ClN2O/c15-13-6-5-12(7-16-13)14(18)17(8-10-1-2-10)9-11-3-4-11/h5-7,10-11H,1-4,8-9H2. The SMILES string of the molecule is O=C(c1ccc(Cl)nc1)N(CC1CC1)CC1CC1. The Morgan fingerprint density at radius 3 is 2.28 bits per heavy atom. The first-order valence-electron chi connectivity index (χ1n) is 6.63. The smallest absolute Gasteiger partial charge is 0.255 e. The Balaban J connectivity index is 1.70. The number of pyridine rings is 1. The molecule has 2 fully saturated rings. The molecule has 2 aliphatic carbocycles. The van der Waals surface area contributed by atoms with Crippen LogP contribution in [0, 0.1) is 11.8 Å². The number of carbonyl (C=O) groups excluding carboxylic acids is 1. The van der Waals surface area contributed by atoms with Crippen molar-refractivity contribution >= 4 is 17.5 Å². The molecule has 0 spiro atoms. The number of rotatable bonds is 5. The Bertz CT molecular complexity index is 424. The molecule has 0 unspecified atom stereocenters. The van der Waals surface area contributed by atoms with E-state index in [1.807, 2.05) is 4.90 Å². The second kappa shape index (κ2) is 4.88. The second-order valence-corrected chi connectivity index (χ2v) is 5.85. The van der Waals surface area contributed by atoms with Gasteiger partial charge in [-0.05, 0) is 49.7 Å². The van der Waals surface area contributed by atoms with E-state index in [0.29, 0.717) is 10.7 Å². The summed E-state index contributed by atoms with van der Waals surface area (Å²) in [6, 6.07) is 3.45. The average Bonchev–Trinajstić information content (AvgIpc) is 3.23. The number of halogens is 1. The van der Waals surface area contributed by atoms with E-state index < -0.39 is 0 Å². The molecule has 96 valence electrons. The van der Waals surface area contributed by atoms with E-state index in [4.69, 9.17) is 11.6 Å². The summed E-state index contributed by atoms with van der Waals surface area (Å²) in [7, 11) is 0. The van der Waals surface area contributed by atoms with Crippen molar-refractivity contribution in [3.63, 3.8) is 0 Å². The third-order valence-electron chi connectivity index (χ3n) is 3.61. The summed E-state index contributed by atoms with van der Waals surface area (Å²) < 4.78 is 0. The Kier molecular flexibility index (Phi) is 3.25. The van der Waals surface area contributed by atoms with E-state index in [1.165, 1.54) is 25.7 Å². The number of nitrogens with zero attached hydrogens (tertiary/aromatic N) is 2. The van der Waals surface area contributed by atoms with E-state index in [2.05, 4.69) is 4.98 Å². The molecule has 0 radical (unpaired) electrons. The fraction of sp³-hybridized carbons (Fsp3) is 0.571. The Morgan fingerprint density at radius 1 is 1.22 bits per heavy atom. The zero-order valence-electron chi connectivity index (χ0n) is 10.3. The average molecular weight is 265 g/mol. The lowest BCUT2D eigenvalue weighted by Gasteiger charge is -2.22. The normalized spacial score (nSPS) is 18.7. The van der Waals surface area contributed by atoms with Crippen LogP contribution in [-0.4, -0.2) is 28.9 Å².